The minimum Gasteiger partial charge on any atom is -0.455 e. The standard InChI is InChI=1S/C20H24N2O2/c1-16-8-7-13-22(14-16)15-20(23)21-18-11-5-6-12-19(18)24-17-9-3-2-4-10-17/h2-6,9-12,16H,7-8,13-15H2,1H3,(H,21,23)/t16-/m1/s1. The van der Waals surface area contributed by atoms with E-state index < -0.39 is 0 Å². The van der Waals surface area contributed by atoms with Gasteiger partial charge in [-0.25, -0.2) is 0 Å². The van der Waals surface area contributed by atoms with Crippen molar-refractivity contribution in [2.45, 2.75) is 19.8 Å². The molecule has 0 bridgehead atoms. The van der Waals surface area contributed by atoms with Gasteiger partial charge in [0.2, 0.25) is 5.91 Å². The number of benzene rings is 2. The second-order valence-electron chi connectivity index (χ2n) is 6.44. The molecule has 2 aromatic carbocycles. The monoisotopic (exact) mass is 324 g/mol. The van der Waals surface area contributed by atoms with Gasteiger partial charge in [0.1, 0.15) is 5.75 Å². The quantitative estimate of drug-likeness (QED) is 0.898. The summed E-state index contributed by atoms with van der Waals surface area (Å²) >= 11 is 0. The molecule has 126 valence electrons. The molecule has 1 N–H and O–H groups in total. The number of amides is 1. The highest BCUT2D eigenvalue weighted by Crippen LogP contribution is 2.29. The highest BCUT2D eigenvalue weighted by atomic mass is 16.5. The van der Waals surface area contributed by atoms with Crippen molar-refractivity contribution >= 4 is 11.6 Å². The minimum atomic E-state index is 0.00760. The molecule has 4 nitrogen and oxygen atoms in total. The van der Waals surface area contributed by atoms with E-state index >= 15 is 0 Å². The Kier molecular flexibility index (Phi) is 5.49. The van der Waals surface area contributed by atoms with E-state index in [9.17, 15) is 4.79 Å². The van der Waals surface area contributed by atoms with E-state index in [1.807, 2.05) is 54.6 Å². The molecule has 1 aliphatic heterocycles. The number of anilines is 1. The van der Waals surface area contributed by atoms with E-state index in [0.29, 0.717) is 23.9 Å². The Morgan fingerprint density at radius 3 is 2.71 bits per heavy atom. The van der Waals surface area contributed by atoms with Crippen molar-refractivity contribution in [3.8, 4) is 11.5 Å². The number of ether oxygens (including phenoxy) is 1. The molecule has 1 heterocycles. The number of nitrogens with zero attached hydrogens (tertiary/aromatic N) is 1. The molecule has 1 saturated heterocycles. The summed E-state index contributed by atoms with van der Waals surface area (Å²) in [6, 6.07) is 17.1. The van der Waals surface area contributed by atoms with Gasteiger partial charge in [0, 0.05) is 6.54 Å². The van der Waals surface area contributed by atoms with Crippen LogP contribution in [0.25, 0.3) is 0 Å². The molecule has 0 unspecified atom stereocenters. The van der Waals surface area contributed by atoms with Gasteiger partial charge >= 0.3 is 0 Å². The first kappa shape index (κ1) is 16.5. The van der Waals surface area contributed by atoms with Crippen LogP contribution in [-0.2, 0) is 4.79 Å². The molecule has 1 fully saturated rings. The average molecular weight is 324 g/mol. The fraction of sp³-hybridized carbons (Fsp3) is 0.350. The molecular weight excluding hydrogens is 300 g/mol. The number of piperidine rings is 1. The maximum atomic E-state index is 12.4. The largest absolute Gasteiger partial charge is 0.455 e. The van der Waals surface area contributed by atoms with Crippen LogP contribution in [0.15, 0.2) is 54.6 Å². The third kappa shape index (κ3) is 4.59. The average Bonchev–Trinajstić information content (AvgIpc) is 2.57. The van der Waals surface area contributed by atoms with Crippen LogP contribution >= 0.6 is 0 Å². The Morgan fingerprint density at radius 1 is 1.17 bits per heavy atom. The van der Waals surface area contributed by atoms with Crippen LogP contribution in [0.3, 0.4) is 0 Å². The van der Waals surface area contributed by atoms with E-state index in [1.165, 1.54) is 12.8 Å². The fourth-order valence-electron chi connectivity index (χ4n) is 3.10. The van der Waals surface area contributed by atoms with Gasteiger partial charge < -0.3 is 10.1 Å². The first-order valence-electron chi connectivity index (χ1n) is 8.55. The Balaban J connectivity index is 1.63. The van der Waals surface area contributed by atoms with Crippen molar-refractivity contribution in [3.05, 3.63) is 54.6 Å². The minimum absolute atomic E-state index is 0.00760. The van der Waals surface area contributed by atoms with Crippen molar-refractivity contribution in [1.29, 1.82) is 0 Å². The molecule has 1 atom stereocenters. The maximum Gasteiger partial charge on any atom is 0.238 e. The molecule has 1 amide bonds. The Bertz CT molecular complexity index is 672. The van der Waals surface area contributed by atoms with Crippen LogP contribution < -0.4 is 10.1 Å². The lowest BCUT2D eigenvalue weighted by molar-refractivity contribution is -0.117. The Hall–Kier alpha value is -2.33. The molecule has 0 aliphatic carbocycles. The zero-order valence-corrected chi connectivity index (χ0v) is 14.1. The molecule has 24 heavy (non-hydrogen) atoms. The topological polar surface area (TPSA) is 41.6 Å². The summed E-state index contributed by atoms with van der Waals surface area (Å²) in [4.78, 5) is 14.6. The van der Waals surface area contributed by atoms with Gasteiger partial charge in [-0.05, 0) is 49.6 Å². The summed E-state index contributed by atoms with van der Waals surface area (Å²) in [5.74, 6) is 2.08. The van der Waals surface area contributed by atoms with Gasteiger partial charge in [0.15, 0.2) is 5.75 Å². The molecule has 0 spiro atoms. The van der Waals surface area contributed by atoms with Crippen LogP contribution in [0.1, 0.15) is 19.8 Å². The fourth-order valence-corrected chi connectivity index (χ4v) is 3.10. The van der Waals surface area contributed by atoms with Crippen molar-refractivity contribution in [1.82, 2.24) is 4.90 Å². The highest BCUT2D eigenvalue weighted by molar-refractivity contribution is 5.93. The number of rotatable bonds is 5. The lowest BCUT2D eigenvalue weighted by Crippen LogP contribution is -2.39. The number of nitrogens with one attached hydrogen (secondary N) is 1. The summed E-state index contributed by atoms with van der Waals surface area (Å²) in [6.07, 6.45) is 2.42. The lowest BCUT2D eigenvalue weighted by Gasteiger charge is -2.30. The van der Waals surface area contributed by atoms with Crippen molar-refractivity contribution in [2.24, 2.45) is 5.92 Å². The zero-order chi connectivity index (χ0) is 16.8. The van der Waals surface area contributed by atoms with E-state index in [2.05, 4.69) is 17.1 Å². The van der Waals surface area contributed by atoms with E-state index in [0.717, 1.165) is 18.8 Å². The van der Waals surface area contributed by atoms with E-state index in [4.69, 9.17) is 4.74 Å². The predicted molar refractivity (Wildman–Crippen MR) is 96.4 cm³/mol. The number of hydrogen-bond acceptors (Lipinski definition) is 3. The SMILES string of the molecule is C[C@@H]1CCCN(CC(=O)Nc2ccccc2Oc2ccccc2)C1. The summed E-state index contributed by atoms with van der Waals surface area (Å²) in [5.41, 5.74) is 0.705. The summed E-state index contributed by atoms with van der Waals surface area (Å²) < 4.78 is 5.89. The molecular formula is C20H24N2O2. The molecule has 2 aromatic rings. The summed E-state index contributed by atoms with van der Waals surface area (Å²) in [5, 5.41) is 2.99. The molecule has 0 radical (unpaired) electrons. The van der Waals surface area contributed by atoms with Crippen LogP contribution in [0.2, 0.25) is 0 Å². The number of para-hydroxylation sites is 3. The molecule has 0 saturated carbocycles. The second kappa shape index (κ2) is 7.97. The summed E-state index contributed by atoms with van der Waals surface area (Å²) in [6.45, 7) is 4.67. The third-order valence-electron chi connectivity index (χ3n) is 4.24. The predicted octanol–water partition coefficient (Wildman–Crippen LogP) is 4.15. The lowest BCUT2D eigenvalue weighted by atomic mass is 10.0. The highest BCUT2D eigenvalue weighted by Gasteiger charge is 2.19. The molecule has 3 rings (SSSR count). The van der Waals surface area contributed by atoms with Gasteiger partial charge in [-0.2, -0.15) is 0 Å². The number of likely N-dealkylation sites (tertiary alicyclic amines) is 1. The van der Waals surface area contributed by atoms with Crippen molar-refractivity contribution < 1.29 is 9.53 Å². The maximum absolute atomic E-state index is 12.4. The normalized spacial score (nSPS) is 18.1. The van der Waals surface area contributed by atoms with Gasteiger partial charge in [-0.3, -0.25) is 9.69 Å². The van der Waals surface area contributed by atoms with Crippen LogP contribution in [0.4, 0.5) is 5.69 Å². The number of carbonyl (C=O) groups excluding carboxylic acids is 1. The van der Waals surface area contributed by atoms with Crippen LogP contribution in [0, 0.1) is 5.92 Å². The smallest absolute Gasteiger partial charge is 0.238 e. The molecule has 4 heteroatoms. The van der Waals surface area contributed by atoms with E-state index in [1.54, 1.807) is 0 Å². The Morgan fingerprint density at radius 2 is 1.92 bits per heavy atom. The summed E-state index contributed by atoms with van der Waals surface area (Å²) in [7, 11) is 0. The first-order valence-corrected chi connectivity index (χ1v) is 8.55. The van der Waals surface area contributed by atoms with E-state index in [-0.39, 0.29) is 5.91 Å². The van der Waals surface area contributed by atoms with Gasteiger partial charge in [-0.1, -0.05) is 37.3 Å². The molecule has 1 aliphatic rings. The molecule has 0 aromatic heterocycles. The first-order chi connectivity index (χ1) is 11.7. The van der Waals surface area contributed by atoms with Crippen molar-refractivity contribution in [3.63, 3.8) is 0 Å². The number of hydrogen-bond donors (Lipinski definition) is 1. The van der Waals surface area contributed by atoms with Gasteiger partial charge in [-0.15, -0.1) is 0 Å². The number of carbonyl (C=O) groups is 1. The zero-order valence-electron chi connectivity index (χ0n) is 14.1. The van der Waals surface area contributed by atoms with Crippen molar-refractivity contribution in [2.75, 3.05) is 25.0 Å². The van der Waals surface area contributed by atoms with Crippen LogP contribution in [0.5, 0.6) is 11.5 Å². The van der Waals surface area contributed by atoms with Crippen LogP contribution in [-0.4, -0.2) is 30.4 Å². The van der Waals surface area contributed by atoms with Gasteiger partial charge in [0.25, 0.3) is 0 Å². The Labute approximate surface area is 143 Å². The second-order valence-corrected chi connectivity index (χ2v) is 6.44. The third-order valence-corrected chi connectivity index (χ3v) is 4.24. The van der Waals surface area contributed by atoms with Gasteiger partial charge in [0.05, 0.1) is 12.2 Å².